The molecule has 1 aliphatic rings. The number of halogens is 1. The Bertz CT molecular complexity index is 500. The highest BCUT2D eigenvalue weighted by Gasteiger charge is 2.34. The molecule has 0 spiro atoms. The summed E-state index contributed by atoms with van der Waals surface area (Å²) in [7, 11) is 4.23. The Hall–Kier alpha value is -1.26. The molecule has 23 heavy (non-hydrogen) atoms. The molecule has 1 fully saturated rings. The Morgan fingerprint density at radius 1 is 1.22 bits per heavy atom. The lowest BCUT2D eigenvalue weighted by molar-refractivity contribution is 0.0797. The van der Waals surface area contributed by atoms with E-state index in [4.69, 9.17) is 4.74 Å². The third-order valence-electron chi connectivity index (χ3n) is 4.74. The minimum atomic E-state index is -0.0455. The van der Waals surface area contributed by atoms with Crippen LogP contribution in [0.25, 0.3) is 0 Å². The summed E-state index contributed by atoms with van der Waals surface area (Å²) in [5.74, 6) is 0.612. The zero-order valence-electron chi connectivity index (χ0n) is 14.4. The average molecular weight is 341 g/mol. The molecule has 1 N–H and O–H groups in total. The normalized spacial score (nSPS) is 16.5. The van der Waals surface area contributed by atoms with Crippen LogP contribution < -0.4 is 10.1 Å². The maximum Gasteiger partial charge on any atom is 0.255 e. The van der Waals surface area contributed by atoms with E-state index in [9.17, 15) is 4.79 Å². The van der Waals surface area contributed by atoms with Crippen LogP contribution in [0, 0.1) is 0 Å². The molecular formula is C18H29ClN2O2. The van der Waals surface area contributed by atoms with Gasteiger partial charge in [-0.25, -0.2) is 0 Å². The summed E-state index contributed by atoms with van der Waals surface area (Å²) in [6.45, 7) is 3.18. The van der Waals surface area contributed by atoms with Crippen LogP contribution in [0.15, 0.2) is 24.3 Å². The van der Waals surface area contributed by atoms with Gasteiger partial charge in [0, 0.05) is 12.1 Å². The van der Waals surface area contributed by atoms with Crippen molar-refractivity contribution in [3.63, 3.8) is 0 Å². The Kier molecular flexibility index (Phi) is 7.86. The number of carbonyl (C=O) groups is 1. The van der Waals surface area contributed by atoms with Crippen LogP contribution in [-0.4, -0.2) is 43.6 Å². The summed E-state index contributed by atoms with van der Waals surface area (Å²) in [6, 6.07) is 7.44. The van der Waals surface area contributed by atoms with Crippen LogP contribution in [0.3, 0.4) is 0 Å². The number of para-hydroxylation sites is 1. The molecule has 1 saturated carbocycles. The van der Waals surface area contributed by atoms with Gasteiger partial charge in [0.1, 0.15) is 5.75 Å². The minimum Gasteiger partial charge on any atom is -0.493 e. The van der Waals surface area contributed by atoms with Crippen LogP contribution in [0.1, 0.15) is 49.4 Å². The summed E-state index contributed by atoms with van der Waals surface area (Å²) in [5.41, 5.74) is 0.711. The van der Waals surface area contributed by atoms with E-state index < -0.39 is 0 Å². The number of hydrogen-bond acceptors (Lipinski definition) is 3. The van der Waals surface area contributed by atoms with Gasteiger partial charge in [0.25, 0.3) is 5.91 Å². The van der Waals surface area contributed by atoms with E-state index in [1.54, 1.807) is 0 Å². The van der Waals surface area contributed by atoms with Gasteiger partial charge in [-0.05, 0) is 46.0 Å². The first-order chi connectivity index (χ1) is 10.6. The third-order valence-corrected chi connectivity index (χ3v) is 4.74. The zero-order chi connectivity index (χ0) is 16.0. The number of amides is 1. The van der Waals surface area contributed by atoms with E-state index in [-0.39, 0.29) is 23.9 Å². The molecule has 1 aromatic rings. The van der Waals surface area contributed by atoms with E-state index in [0.29, 0.717) is 24.5 Å². The first kappa shape index (κ1) is 19.8. The molecule has 0 saturated heterocycles. The molecule has 4 nitrogen and oxygen atoms in total. The fourth-order valence-electron chi connectivity index (χ4n) is 3.27. The third kappa shape index (κ3) is 4.85. The Morgan fingerprint density at radius 3 is 2.48 bits per heavy atom. The molecule has 0 aliphatic heterocycles. The standard InChI is InChI=1S/C18H28N2O2.ClH/c1-4-22-16-11-7-6-10-15(16)17(21)19-14-18(20(2)3)12-8-5-9-13-18;/h6-7,10-11H,4-5,8-9,12-14H2,1-3H3,(H,19,21);1H. The van der Waals surface area contributed by atoms with Crippen molar-refractivity contribution >= 4 is 18.3 Å². The predicted molar refractivity (Wildman–Crippen MR) is 96.7 cm³/mol. The lowest BCUT2D eigenvalue weighted by atomic mass is 9.80. The van der Waals surface area contributed by atoms with Crippen LogP contribution in [0.5, 0.6) is 5.75 Å². The van der Waals surface area contributed by atoms with Gasteiger partial charge in [0.05, 0.1) is 12.2 Å². The molecule has 0 aromatic heterocycles. The molecular weight excluding hydrogens is 312 g/mol. The second-order valence-electron chi connectivity index (χ2n) is 6.29. The van der Waals surface area contributed by atoms with E-state index in [1.807, 2.05) is 31.2 Å². The number of rotatable bonds is 6. The lowest BCUT2D eigenvalue weighted by Crippen LogP contribution is -2.53. The van der Waals surface area contributed by atoms with Gasteiger partial charge in [-0.1, -0.05) is 31.4 Å². The zero-order valence-corrected chi connectivity index (χ0v) is 15.2. The number of nitrogens with one attached hydrogen (secondary N) is 1. The summed E-state index contributed by atoms with van der Waals surface area (Å²) in [4.78, 5) is 14.8. The molecule has 2 rings (SSSR count). The Balaban J connectivity index is 0.00000264. The quantitative estimate of drug-likeness (QED) is 0.861. The van der Waals surface area contributed by atoms with Gasteiger partial charge in [0.15, 0.2) is 0 Å². The smallest absolute Gasteiger partial charge is 0.255 e. The van der Waals surface area contributed by atoms with Crippen molar-refractivity contribution in [3.8, 4) is 5.75 Å². The fraction of sp³-hybridized carbons (Fsp3) is 0.611. The van der Waals surface area contributed by atoms with Crippen molar-refractivity contribution in [2.45, 2.75) is 44.6 Å². The summed E-state index contributed by atoms with van der Waals surface area (Å²) < 4.78 is 5.55. The lowest BCUT2D eigenvalue weighted by Gasteiger charge is -2.43. The molecule has 0 radical (unpaired) electrons. The van der Waals surface area contributed by atoms with Gasteiger partial charge in [-0.3, -0.25) is 4.79 Å². The monoisotopic (exact) mass is 340 g/mol. The number of benzene rings is 1. The van der Waals surface area contributed by atoms with Crippen molar-refractivity contribution < 1.29 is 9.53 Å². The van der Waals surface area contributed by atoms with Gasteiger partial charge in [-0.15, -0.1) is 12.4 Å². The first-order valence-corrected chi connectivity index (χ1v) is 8.26. The van der Waals surface area contributed by atoms with Crippen molar-refractivity contribution in [1.82, 2.24) is 10.2 Å². The van der Waals surface area contributed by atoms with Crippen LogP contribution in [-0.2, 0) is 0 Å². The maximum atomic E-state index is 12.5. The highest BCUT2D eigenvalue weighted by atomic mass is 35.5. The van der Waals surface area contributed by atoms with E-state index in [1.165, 1.54) is 19.3 Å². The number of carbonyl (C=O) groups excluding carboxylic acids is 1. The largest absolute Gasteiger partial charge is 0.493 e. The van der Waals surface area contributed by atoms with Crippen molar-refractivity contribution in [1.29, 1.82) is 0 Å². The molecule has 0 bridgehead atoms. The summed E-state index contributed by atoms with van der Waals surface area (Å²) in [6.07, 6.45) is 6.07. The average Bonchev–Trinajstić information content (AvgIpc) is 2.54. The number of ether oxygens (including phenoxy) is 1. The van der Waals surface area contributed by atoms with Gasteiger partial charge in [0.2, 0.25) is 0 Å². The molecule has 0 unspecified atom stereocenters. The summed E-state index contributed by atoms with van der Waals surface area (Å²) >= 11 is 0. The van der Waals surface area contributed by atoms with E-state index in [2.05, 4.69) is 24.3 Å². The SMILES string of the molecule is CCOc1ccccc1C(=O)NCC1(N(C)C)CCCCC1.Cl. The van der Waals surface area contributed by atoms with Crippen molar-refractivity contribution in [2.75, 3.05) is 27.2 Å². The molecule has 1 aliphatic carbocycles. The highest BCUT2D eigenvalue weighted by Crippen LogP contribution is 2.31. The number of nitrogens with zero attached hydrogens (tertiary/aromatic N) is 1. The molecule has 1 aromatic carbocycles. The topological polar surface area (TPSA) is 41.6 Å². The van der Waals surface area contributed by atoms with Crippen molar-refractivity contribution in [2.24, 2.45) is 0 Å². The van der Waals surface area contributed by atoms with Crippen LogP contribution in [0.2, 0.25) is 0 Å². The predicted octanol–water partition coefficient (Wildman–Crippen LogP) is 3.50. The molecule has 1 amide bonds. The van der Waals surface area contributed by atoms with E-state index in [0.717, 1.165) is 12.8 Å². The molecule has 130 valence electrons. The molecule has 0 atom stereocenters. The number of hydrogen-bond donors (Lipinski definition) is 1. The second kappa shape index (κ2) is 9.14. The van der Waals surface area contributed by atoms with Gasteiger partial charge < -0.3 is 15.0 Å². The molecule has 5 heteroatoms. The minimum absolute atomic E-state index is 0. The van der Waals surface area contributed by atoms with Crippen LogP contribution >= 0.6 is 12.4 Å². The number of likely N-dealkylation sites (N-methyl/N-ethyl adjacent to an activating group) is 1. The summed E-state index contributed by atoms with van der Waals surface area (Å²) in [5, 5.41) is 3.13. The Labute approximate surface area is 146 Å². The van der Waals surface area contributed by atoms with Crippen molar-refractivity contribution in [3.05, 3.63) is 29.8 Å². The maximum absolute atomic E-state index is 12.5. The first-order valence-electron chi connectivity index (χ1n) is 8.26. The fourth-order valence-corrected chi connectivity index (χ4v) is 3.27. The Morgan fingerprint density at radius 2 is 1.87 bits per heavy atom. The highest BCUT2D eigenvalue weighted by molar-refractivity contribution is 5.96. The van der Waals surface area contributed by atoms with Crippen LogP contribution in [0.4, 0.5) is 0 Å². The van der Waals surface area contributed by atoms with Gasteiger partial charge >= 0.3 is 0 Å². The second-order valence-corrected chi connectivity index (χ2v) is 6.29. The van der Waals surface area contributed by atoms with Gasteiger partial charge in [-0.2, -0.15) is 0 Å². The van der Waals surface area contributed by atoms with E-state index >= 15 is 0 Å². The molecule has 0 heterocycles.